The third-order valence-electron chi connectivity index (χ3n) is 4.06. The average Bonchev–Trinajstić information content (AvgIpc) is 2.66. The van der Waals surface area contributed by atoms with Crippen molar-refractivity contribution in [2.75, 3.05) is 6.61 Å². The van der Waals surface area contributed by atoms with Crippen LogP contribution in [0.3, 0.4) is 0 Å². The first-order valence-corrected chi connectivity index (χ1v) is 7.92. The summed E-state index contributed by atoms with van der Waals surface area (Å²) in [6, 6.07) is 0. The first kappa shape index (κ1) is 26.2. The fourth-order valence-electron chi connectivity index (χ4n) is 2.11. The molecule has 0 saturated carbocycles. The molecule has 12 N–H and O–H groups in total. The molecule has 13 heteroatoms. The van der Waals surface area contributed by atoms with E-state index >= 15 is 0 Å². The van der Waals surface area contributed by atoms with Crippen molar-refractivity contribution in [2.45, 2.75) is 74.1 Å². The number of aliphatic hydroxyl groups is 12. The van der Waals surface area contributed by atoms with Gasteiger partial charge in [-0.15, -0.1) is 0 Å². The average molecular weight is 404 g/mol. The number of rotatable bonds is 12. The largest absolute Gasteiger partial charge is 0.394 e. The second-order valence-corrected chi connectivity index (χ2v) is 6.22. The Morgan fingerprint density at radius 1 is 0.593 bits per heavy atom. The van der Waals surface area contributed by atoms with Gasteiger partial charge in [0.2, 0.25) is 0 Å². The highest BCUT2D eigenvalue weighted by Crippen LogP contribution is 2.15. The van der Waals surface area contributed by atoms with E-state index in [1.165, 1.54) is 0 Å². The van der Waals surface area contributed by atoms with Gasteiger partial charge >= 0.3 is 0 Å². The van der Waals surface area contributed by atoms with Crippen molar-refractivity contribution >= 4 is 5.78 Å². The number of hydrogen-bond acceptors (Lipinski definition) is 13. The zero-order valence-electron chi connectivity index (χ0n) is 14.3. The van der Waals surface area contributed by atoms with E-state index in [0.29, 0.717) is 0 Å². The standard InChI is InChI=1S/C14H28O13/c1-3(16)5(18)7(20)9(22)11(24)13(26)14(27)12(25)10(23)8(21)6(19)4(17)2-15/h3-13,15-26H,2H2,1H3/t3-,4+,5-,6-,7+,8-,9-,10+,11-,12-,13+/m1/s1. The minimum atomic E-state index is -2.62. The second kappa shape index (κ2) is 11.3. The molecule has 0 aromatic heterocycles. The summed E-state index contributed by atoms with van der Waals surface area (Å²) in [6.07, 6.45) is -24.7. The van der Waals surface area contributed by atoms with Gasteiger partial charge in [0.1, 0.15) is 61.0 Å². The maximum absolute atomic E-state index is 11.9. The molecular weight excluding hydrogens is 376 g/mol. The second-order valence-electron chi connectivity index (χ2n) is 6.22. The van der Waals surface area contributed by atoms with Gasteiger partial charge in [-0.25, -0.2) is 0 Å². The van der Waals surface area contributed by atoms with Gasteiger partial charge < -0.3 is 61.3 Å². The lowest BCUT2D eigenvalue weighted by Crippen LogP contribution is -2.58. The van der Waals surface area contributed by atoms with Crippen LogP contribution >= 0.6 is 0 Å². The Morgan fingerprint density at radius 3 is 1.26 bits per heavy atom. The van der Waals surface area contributed by atoms with Gasteiger partial charge in [-0.3, -0.25) is 4.79 Å². The van der Waals surface area contributed by atoms with Gasteiger partial charge in [0.15, 0.2) is 5.78 Å². The van der Waals surface area contributed by atoms with Crippen LogP contribution in [-0.4, -0.2) is 141 Å². The normalized spacial score (nSPS) is 24.6. The molecular formula is C14H28O13. The molecule has 0 unspecified atom stereocenters. The molecule has 0 aliphatic rings. The van der Waals surface area contributed by atoms with Gasteiger partial charge in [-0.1, -0.05) is 0 Å². The van der Waals surface area contributed by atoms with E-state index in [2.05, 4.69) is 0 Å². The van der Waals surface area contributed by atoms with Crippen LogP contribution in [0.1, 0.15) is 6.92 Å². The van der Waals surface area contributed by atoms with Crippen LogP contribution in [0.15, 0.2) is 0 Å². The van der Waals surface area contributed by atoms with Crippen LogP contribution in [0.25, 0.3) is 0 Å². The van der Waals surface area contributed by atoms with E-state index in [1.807, 2.05) is 0 Å². The molecule has 162 valence electrons. The monoisotopic (exact) mass is 404 g/mol. The summed E-state index contributed by atoms with van der Waals surface area (Å²) < 4.78 is 0. The van der Waals surface area contributed by atoms with Gasteiger partial charge in [-0.05, 0) is 6.92 Å². The summed E-state index contributed by atoms with van der Waals surface area (Å²) >= 11 is 0. The van der Waals surface area contributed by atoms with Crippen LogP contribution < -0.4 is 0 Å². The molecule has 0 aromatic carbocycles. The molecule has 0 rings (SSSR count). The molecule has 0 spiro atoms. The number of carbonyl (C=O) groups excluding carboxylic acids is 1. The van der Waals surface area contributed by atoms with Crippen molar-refractivity contribution in [3.63, 3.8) is 0 Å². The molecule has 0 fully saturated rings. The smallest absolute Gasteiger partial charge is 0.195 e. The molecule has 0 amide bonds. The third kappa shape index (κ3) is 6.63. The fraction of sp³-hybridized carbons (Fsp3) is 0.929. The minimum absolute atomic E-state index is 1.02. The SMILES string of the molecule is C[C@@H](O)[C@@H](O)[C@H](O)[C@@H](O)[C@@H](O)[C@H](O)C(=O)[C@H](O)[C@@H](O)[C@H](O)[C@H](O)[C@@H](O)CO. The van der Waals surface area contributed by atoms with E-state index in [0.717, 1.165) is 6.92 Å². The van der Waals surface area contributed by atoms with Gasteiger partial charge in [-0.2, -0.15) is 0 Å². The molecule has 0 saturated heterocycles. The Morgan fingerprint density at radius 2 is 0.926 bits per heavy atom. The molecule has 0 heterocycles. The Hall–Kier alpha value is -0.810. The van der Waals surface area contributed by atoms with Crippen molar-refractivity contribution in [2.24, 2.45) is 0 Å². The number of ketones is 1. The maximum Gasteiger partial charge on any atom is 0.195 e. The van der Waals surface area contributed by atoms with Crippen LogP contribution in [0.5, 0.6) is 0 Å². The Kier molecular flexibility index (Phi) is 10.9. The molecule has 27 heavy (non-hydrogen) atoms. The number of Topliss-reactive ketones (excluding diaryl/α,β-unsaturated/α-hetero) is 1. The number of hydrogen-bond donors (Lipinski definition) is 12. The molecule has 13 nitrogen and oxygen atoms in total. The first-order valence-electron chi connectivity index (χ1n) is 7.92. The van der Waals surface area contributed by atoms with E-state index in [-0.39, 0.29) is 0 Å². The maximum atomic E-state index is 11.9. The van der Waals surface area contributed by atoms with Crippen LogP contribution in [0.4, 0.5) is 0 Å². The summed E-state index contributed by atoms with van der Waals surface area (Å²) in [7, 11) is 0. The van der Waals surface area contributed by atoms with Gasteiger partial charge in [0.25, 0.3) is 0 Å². The number of carbonyl (C=O) groups is 1. The first-order chi connectivity index (χ1) is 12.3. The van der Waals surface area contributed by atoms with Crippen molar-refractivity contribution < 1.29 is 66.1 Å². The summed E-state index contributed by atoms with van der Waals surface area (Å²) in [5.74, 6) is -1.74. The summed E-state index contributed by atoms with van der Waals surface area (Å²) in [5.41, 5.74) is 0. The van der Waals surface area contributed by atoms with E-state index in [9.17, 15) is 50.8 Å². The van der Waals surface area contributed by atoms with Crippen LogP contribution in [0.2, 0.25) is 0 Å². The molecule has 0 radical (unpaired) electrons. The predicted octanol–water partition coefficient (Wildman–Crippen LogP) is -7.46. The lowest BCUT2D eigenvalue weighted by Gasteiger charge is -2.32. The highest BCUT2D eigenvalue weighted by molar-refractivity contribution is 5.88. The molecule has 0 aliphatic heterocycles. The predicted molar refractivity (Wildman–Crippen MR) is 83.8 cm³/mol. The topological polar surface area (TPSA) is 260 Å². The highest BCUT2D eigenvalue weighted by Gasteiger charge is 2.43. The third-order valence-corrected chi connectivity index (χ3v) is 4.06. The Labute approximate surface area is 153 Å². The Bertz CT molecular complexity index is 447. The van der Waals surface area contributed by atoms with Crippen LogP contribution in [-0.2, 0) is 4.79 Å². The molecule has 0 bridgehead atoms. The number of aliphatic hydroxyl groups excluding tert-OH is 12. The Balaban J connectivity index is 5.09. The van der Waals surface area contributed by atoms with Crippen molar-refractivity contribution in [1.82, 2.24) is 0 Å². The lowest BCUT2D eigenvalue weighted by molar-refractivity contribution is -0.176. The van der Waals surface area contributed by atoms with E-state index < -0.39 is 79.5 Å². The zero-order valence-corrected chi connectivity index (χ0v) is 14.3. The summed E-state index contributed by atoms with van der Waals surface area (Å²) in [6.45, 7) is 0.0220. The van der Waals surface area contributed by atoms with Crippen molar-refractivity contribution in [3.8, 4) is 0 Å². The zero-order chi connectivity index (χ0) is 21.6. The van der Waals surface area contributed by atoms with Crippen LogP contribution in [0, 0.1) is 0 Å². The summed E-state index contributed by atoms with van der Waals surface area (Å²) in [4.78, 5) is 11.9. The fourth-order valence-corrected chi connectivity index (χ4v) is 2.11. The lowest BCUT2D eigenvalue weighted by atomic mass is 9.90. The van der Waals surface area contributed by atoms with Crippen molar-refractivity contribution in [1.29, 1.82) is 0 Å². The summed E-state index contributed by atoms with van der Waals surface area (Å²) in [5, 5.41) is 113. The van der Waals surface area contributed by atoms with Gasteiger partial charge in [0, 0.05) is 0 Å². The van der Waals surface area contributed by atoms with Crippen molar-refractivity contribution in [3.05, 3.63) is 0 Å². The molecule has 0 aliphatic carbocycles. The minimum Gasteiger partial charge on any atom is -0.394 e. The molecule has 11 atom stereocenters. The van der Waals surface area contributed by atoms with E-state index in [4.69, 9.17) is 15.3 Å². The quantitative estimate of drug-likeness (QED) is 0.144. The van der Waals surface area contributed by atoms with E-state index in [1.54, 1.807) is 0 Å². The highest BCUT2D eigenvalue weighted by atomic mass is 16.4. The molecule has 0 aromatic rings. The van der Waals surface area contributed by atoms with Gasteiger partial charge in [0.05, 0.1) is 12.7 Å².